The van der Waals surface area contributed by atoms with E-state index in [1.54, 1.807) is 0 Å². The van der Waals surface area contributed by atoms with E-state index in [0.29, 0.717) is 0 Å². The lowest BCUT2D eigenvalue weighted by Gasteiger charge is -2.36. The van der Waals surface area contributed by atoms with Gasteiger partial charge < -0.3 is 5.32 Å². The molecule has 0 radical (unpaired) electrons. The van der Waals surface area contributed by atoms with Gasteiger partial charge in [-0.05, 0) is 0 Å². The standard InChI is InChI=1S/C6H8F5NOS/c1-2-4-12-6(13)3-5-14(7,8,9,10)11/h2-3,5H,1,4H2,(H,12,13)/b5-3+. The largest absolute Gasteiger partial charge is 0.349 e. The van der Waals surface area contributed by atoms with Crippen molar-refractivity contribution in [2.75, 3.05) is 6.54 Å². The summed E-state index contributed by atoms with van der Waals surface area (Å²) in [7, 11) is -9.61. The number of amides is 1. The maximum atomic E-state index is 11.6. The minimum atomic E-state index is -9.61. The molecule has 0 aliphatic carbocycles. The molecule has 0 atom stereocenters. The average Bonchev–Trinajstić information content (AvgIpc) is 1.93. The zero-order valence-electron chi connectivity index (χ0n) is 6.85. The van der Waals surface area contributed by atoms with Gasteiger partial charge in [0.05, 0.1) is 5.41 Å². The molecule has 84 valence electrons. The molecular formula is C6H8F5NOS. The molecule has 0 unspecified atom stereocenters. The van der Waals surface area contributed by atoms with Crippen LogP contribution in [-0.4, -0.2) is 12.5 Å². The summed E-state index contributed by atoms with van der Waals surface area (Å²) in [5.74, 6) is -1.25. The van der Waals surface area contributed by atoms with Crippen LogP contribution >= 0.6 is 10.2 Å². The number of hydrogen-bond donors (Lipinski definition) is 1. The fraction of sp³-hybridized carbons (Fsp3) is 0.167. The first-order chi connectivity index (χ1) is 5.93. The van der Waals surface area contributed by atoms with E-state index in [0.717, 1.165) is 0 Å². The van der Waals surface area contributed by atoms with Crippen LogP contribution in [0.5, 0.6) is 0 Å². The first kappa shape index (κ1) is 12.9. The van der Waals surface area contributed by atoms with Crippen LogP contribution in [0.2, 0.25) is 0 Å². The van der Waals surface area contributed by atoms with Crippen LogP contribution in [0.15, 0.2) is 24.1 Å². The van der Waals surface area contributed by atoms with Crippen LogP contribution in [0.3, 0.4) is 0 Å². The van der Waals surface area contributed by atoms with Gasteiger partial charge in [-0.3, -0.25) is 4.79 Å². The minimum Gasteiger partial charge on any atom is -0.349 e. The van der Waals surface area contributed by atoms with Gasteiger partial charge in [-0.15, -0.1) is 6.58 Å². The lowest BCUT2D eigenvalue weighted by atomic mass is 10.5. The molecule has 2 nitrogen and oxygen atoms in total. The lowest BCUT2D eigenvalue weighted by molar-refractivity contribution is -0.116. The highest BCUT2D eigenvalue weighted by Crippen LogP contribution is 2.98. The molecule has 0 bridgehead atoms. The molecule has 0 aliphatic rings. The normalized spacial score (nSPS) is 17.2. The fourth-order valence-corrected chi connectivity index (χ4v) is 0.803. The van der Waals surface area contributed by atoms with Crippen molar-refractivity contribution < 1.29 is 24.2 Å². The zero-order chi connectivity index (χ0) is 11.5. The smallest absolute Gasteiger partial charge is 0.304 e. The highest BCUT2D eigenvalue weighted by molar-refractivity contribution is 8.48. The van der Waals surface area contributed by atoms with Crippen molar-refractivity contribution >= 4 is 16.1 Å². The molecule has 0 saturated carbocycles. The summed E-state index contributed by atoms with van der Waals surface area (Å²) in [5.41, 5.74) is 0. The van der Waals surface area contributed by atoms with Crippen molar-refractivity contribution in [2.45, 2.75) is 0 Å². The first-order valence-corrected chi connectivity index (χ1v) is 5.27. The Morgan fingerprint density at radius 3 is 2.14 bits per heavy atom. The highest BCUT2D eigenvalue weighted by Gasteiger charge is 2.60. The molecule has 0 saturated heterocycles. The number of rotatable bonds is 4. The van der Waals surface area contributed by atoms with E-state index in [1.807, 2.05) is 5.32 Å². The van der Waals surface area contributed by atoms with Gasteiger partial charge in [-0.2, -0.15) is 0 Å². The number of carbonyl (C=O) groups excluding carboxylic acids is 1. The SMILES string of the molecule is C=CCNC(=O)/C=C/S(F)(F)(F)(F)F. The second-order valence-electron chi connectivity index (χ2n) is 2.37. The topological polar surface area (TPSA) is 29.1 Å². The Hall–Kier alpha value is -1.05. The van der Waals surface area contributed by atoms with Crippen LogP contribution in [0.4, 0.5) is 19.4 Å². The molecule has 0 spiro atoms. The summed E-state index contributed by atoms with van der Waals surface area (Å²) in [6.07, 6.45) is 0.955. The molecule has 1 N–H and O–H groups in total. The van der Waals surface area contributed by atoms with Crippen LogP contribution in [0, 0.1) is 0 Å². The molecule has 0 aromatic rings. The summed E-state index contributed by atoms with van der Waals surface area (Å²) in [6, 6.07) is 0. The van der Waals surface area contributed by atoms with Crippen LogP contribution in [0.25, 0.3) is 0 Å². The van der Waals surface area contributed by atoms with Crippen molar-refractivity contribution in [3.63, 3.8) is 0 Å². The number of nitrogens with one attached hydrogen (secondary N) is 1. The van der Waals surface area contributed by atoms with E-state index >= 15 is 0 Å². The molecule has 0 aliphatic heterocycles. The highest BCUT2D eigenvalue weighted by atomic mass is 32.5. The van der Waals surface area contributed by atoms with Gasteiger partial charge in [0.15, 0.2) is 0 Å². The predicted molar refractivity (Wildman–Crippen MR) is 45.5 cm³/mol. The van der Waals surface area contributed by atoms with Gasteiger partial charge in [0.25, 0.3) is 0 Å². The van der Waals surface area contributed by atoms with E-state index < -0.39 is 21.5 Å². The second-order valence-corrected chi connectivity index (χ2v) is 4.69. The second kappa shape index (κ2) is 2.97. The van der Waals surface area contributed by atoms with E-state index in [2.05, 4.69) is 6.58 Å². The maximum absolute atomic E-state index is 11.6. The summed E-state index contributed by atoms with van der Waals surface area (Å²) in [6.45, 7) is 3.07. The Bertz CT molecular complexity index is 279. The van der Waals surface area contributed by atoms with Gasteiger partial charge >= 0.3 is 10.2 Å². The van der Waals surface area contributed by atoms with Gasteiger partial charge in [0.1, 0.15) is 0 Å². The molecule has 0 heterocycles. The third-order valence-electron chi connectivity index (χ3n) is 0.897. The van der Waals surface area contributed by atoms with E-state index in [1.165, 1.54) is 6.08 Å². The van der Waals surface area contributed by atoms with Gasteiger partial charge in [-0.1, -0.05) is 25.5 Å². The van der Waals surface area contributed by atoms with Crippen molar-refractivity contribution in [3.8, 4) is 0 Å². The molecule has 0 rings (SSSR count). The Balaban J connectivity index is 4.48. The number of halogens is 5. The first-order valence-electron chi connectivity index (χ1n) is 3.25. The minimum absolute atomic E-state index is 0.0938. The zero-order valence-corrected chi connectivity index (χ0v) is 7.67. The Kier molecular flexibility index (Phi) is 2.75. The summed E-state index contributed by atoms with van der Waals surface area (Å²) < 4.78 is 58.1. The van der Waals surface area contributed by atoms with E-state index in [9.17, 15) is 24.2 Å². The fourth-order valence-electron chi connectivity index (χ4n) is 0.422. The van der Waals surface area contributed by atoms with E-state index in [-0.39, 0.29) is 12.6 Å². The maximum Gasteiger partial charge on any atom is 0.304 e. The van der Waals surface area contributed by atoms with Crippen molar-refractivity contribution in [1.82, 2.24) is 5.32 Å². The summed E-state index contributed by atoms with van der Waals surface area (Å²) >= 11 is 0. The quantitative estimate of drug-likeness (QED) is 0.454. The summed E-state index contributed by atoms with van der Waals surface area (Å²) in [4.78, 5) is 10.5. The molecule has 8 heteroatoms. The van der Waals surface area contributed by atoms with Crippen LogP contribution < -0.4 is 5.32 Å². The lowest BCUT2D eigenvalue weighted by Crippen LogP contribution is -2.21. The summed E-state index contributed by atoms with van der Waals surface area (Å²) in [5, 5.41) is 0.588. The number of hydrogen-bond acceptors (Lipinski definition) is 1. The van der Waals surface area contributed by atoms with Crippen molar-refractivity contribution in [2.24, 2.45) is 0 Å². The molecule has 14 heavy (non-hydrogen) atoms. The van der Waals surface area contributed by atoms with E-state index in [4.69, 9.17) is 0 Å². The molecule has 0 aromatic heterocycles. The Morgan fingerprint density at radius 2 is 1.79 bits per heavy atom. The van der Waals surface area contributed by atoms with Crippen molar-refractivity contribution in [3.05, 3.63) is 24.1 Å². The van der Waals surface area contributed by atoms with Crippen molar-refractivity contribution in [1.29, 1.82) is 0 Å². The van der Waals surface area contributed by atoms with Crippen LogP contribution in [-0.2, 0) is 4.79 Å². The van der Waals surface area contributed by atoms with Crippen LogP contribution in [0.1, 0.15) is 0 Å². The monoisotopic (exact) mass is 237 g/mol. The Labute approximate surface area is 77.2 Å². The molecular weight excluding hydrogens is 229 g/mol. The predicted octanol–water partition coefficient (Wildman–Crippen LogP) is 3.10. The van der Waals surface area contributed by atoms with Gasteiger partial charge in [0.2, 0.25) is 5.91 Å². The number of carbonyl (C=O) groups is 1. The third-order valence-corrected chi connectivity index (χ3v) is 1.55. The van der Waals surface area contributed by atoms with Gasteiger partial charge in [0, 0.05) is 12.6 Å². The average molecular weight is 237 g/mol. The molecule has 1 amide bonds. The third kappa shape index (κ3) is 9.04. The molecule has 0 aromatic carbocycles. The Morgan fingerprint density at radius 1 is 1.29 bits per heavy atom. The van der Waals surface area contributed by atoms with Gasteiger partial charge in [-0.25, -0.2) is 0 Å². The molecule has 0 fully saturated rings.